The van der Waals surface area contributed by atoms with Gasteiger partial charge in [-0.2, -0.15) is 0 Å². The lowest BCUT2D eigenvalue weighted by molar-refractivity contribution is 0.660. The molecule has 238 valence electrons. The van der Waals surface area contributed by atoms with Crippen LogP contribution in [0.25, 0.3) is 67.5 Å². The summed E-state index contributed by atoms with van der Waals surface area (Å²) in [5.41, 5.74) is 12.6. The second kappa shape index (κ2) is 11.9. The van der Waals surface area contributed by atoms with Crippen molar-refractivity contribution >= 4 is 13.3 Å². The van der Waals surface area contributed by atoms with Crippen molar-refractivity contribution in [3.8, 4) is 67.5 Å². The van der Waals surface area contributed by atoms with Gasteiger partial charge < -0.3 is 0 Å². The molecule has 3 nitrogen and oxygen atoms in total. The molecule has 7 aromatic rings. The van der Waals surface area contributed by atoms with Gasteiger partial charge in [-0.05, 0) is 56.6 Å². The lowest BCUT2D eigenvalue weighted by atomic mass is 9.82. The highest BCUT2D eigenvalue weighted by atomic mass is 28.3. The number of hydrogen-bond donors (Lipinski definition) is 0. The van der Waals surface area contributed by atoms with Crippen LogP contribution in [0.2, 0.25) is 19.6 Å². The largest absolute Gasteiger partial charge is 0.208 e. The van der Waals surface area contributed by atoms with Gasteiger partial charge in [0.05, 0.1) is 8.07 Å². The Hall–Kier alpha value is -5.45. The molecule has 0 saturated carbocycles. The molecule has 49 heavy (non-hydrogen) atoms. The van der Waals surface area contributed by atoms with Gasteiger partial charge in [0.15, 0.2) is 17.5 Å². The standard InChI is InChI=1S/C45H39N3Si/c1-45(2)39-22-10-9-20-37(39)41-38(21-13-23-40(41)45)44-47-42(31-14-7-6-8-15-31)46-43(48-44)35-19-12-18-34(29-35)33-17-11-16-32(28-33)30-24-26-36(27-25-30)49(3,4)5/h6-29H,1-5H3. The van der Waals surface area contributed by atoms with E-state index in [0.717, 1.165) is 27.8 Å². The first kappa shape index (κ1) is 30.9. The summed E-state index contributed by atoms with van der Waals surface area (Å²) in [5.74, 6) is 2.01. The van der Waals surface area contributed by atoms with E-state index in [1.54, 1.807) is 0 Å². The highest BCUT2D eigenvalue weighted by Crippen LogP contribution is 2.51. The van der Waals surface area contributed by atoms with E-state index in [9.17, 15) is 0 Å². The van der Waals surface area contributed by atoms with E-state index in [4.69, 9.17) is 15.0 Å². The minimum Gasteiger partial charge on any atom is -0.208 e. The molecule has 6 aromatic carbocycles. The summed E-state index contributed by atoms with van der Waals surface area (Å²) in [7, 11) is -1.35. The maximum atomic E-state index is 5.21. The molecule has 0 saturated heterocycles. The predicted octanol–water partition coefficient (Wildman–Crippen LogP) is 11.1. The Bertz CT molecular complexity index is 2330. The first-order chi connectivity index (χ1) is 23.7. The Morgan fingerprint density at radius 2 is 0.898 bits per heavy atom. The first-order valence-electron chi connectivity index (χ1n) is 17.0. The zero-order valence-corrected chi connectivity index (χ0v) is 29.7. The fraction of sp³-hybridized carbons (Fsp3) is 0.133. The van der Waals surface area contributed by atoms with Crippen LogP contribution in [0, 0.1) is 0 Å². The van der Waals surface area contributed by atoms with E-state index >= 15 is 0 Å². The van der Waals surface area contributed by atoms with Gasteiger partial charge in [0.2, 0.25) is 0 Å². The number of rotatable bonds is 6. The summed E-state index contributed by atoms with van der Waals surface area (Å²) in [5, 5.41) is 1.47. The van der Waals surface area contributed by atoms with Crippen molar-refractivity contribution in [1.82, 2.24) is 15.0 Å². The quantitative estimate of drug-likeness (QED) is 0.168. The number of fused-ring (bicyclic) bond motifs is 3. The maximum Gasteiger partial charge on any atom is 0.164 e. The normalized spacial score (nSPS) is 13.2. The van der Waals surface area contributed by atoms with Crippen LogP contribution in [0.1, 0.15) is 25.0 Å². The van der Waals surface area contributed by atoms with Crippen molar-refractivity contribution in [2.75, 3.05) is 0 Å². The van der Waals surface area contributed by atoms with Gasteiger partial charge in [-0.15, -0.1) is 0 Å². The minimum absolute atomic E-state index is 0.112. The van der Waals surface area contributed by atoms with Gasteiger partial charge in [-0.25, -0.2) is 15.0 Å². The maximum absolute atomic E-state index is 5.21. The summed E-state index contributed by atoms with van der Waals surface area (Å²) < 4.78 is 0. The molecular weight excluding hydrogens is 611 g/mol. The molecule has 0 fully saturated rings. The lowest BCUT2D eigenvalue weighted by Gasteiger charge is -2.21. The van der Waals surface area contributed by atoms with Gasteiger partial charge in [0.1, 0.15) is 0 Å². The van der Waals surface area contributed by atoms with Crippen LogP contribution in [-0.2, 0) is 5.41 Å². The molecule has 0 bridgehead atoms. The smallest absolute Gasteiger partial charge is 0.164 e. The van der Waals surface area contributed by atoms with Crippen molar-refractivity contribution in [3.05, 3.63) is 157 Å². The fourth-order valence-corrected chi connectivity index (χ4v) is 8.33. The summed E-state index contributed by atoms with van der Waals surface area (Å²) in [6.45, 7) is 11.8. The molecule has 1 aliphatic rings. The third-order valence-corrected chi connectivity index (χ3v) is 12.0. The van der Waals surface area contributed by atoms with E-state index in [0.29, 0.717) is 17.5 Å². The predicted molar refractivity (Wildman–Crippen MR) is 208 cm³/mol. The zero-order valence-electron chi connectivity index (χ0n) is 28.7. The monoisotopic (exact) mass is 649 g/mol. The molecule has 8 rings (SSSR count). The van der Waals surface area contributed by atoms with Crippen LogP contribution >= 0.6 is 0 Å². The molecule has 0 atom stereocenters. The second-order valence-electron chi connectivity index (χ2n) is 14.6. The van der Waals surface area contributed by atoms with Crippen LogP contribution in [0.15, 0.2) is 146 Å². The summed E-state index contributed by atoms with van der Waals surface area (Å²) in [6, 6.07) is 52.0. The van der Waals surface area contributed by atoms with Crippen molar-refractivity contribution < 1.29 is 0 Å². The summed E-state index contributed by atoms with van der Waals surface area (Å²) in [6.07, 6.45) is 0. The van der Waals surface area contributed by atoms with Crippen LogP contribution in [-0.4, -0.2) is 23.0 Å². The van der Waals surface area contributed by atoms with Crippen molar-refractivity contribution in [2.45, 2.75) is 38.9 Å². The highest BCUT2D eigenvalue weighted by molar-refractivity contribution is 6.88. The Kier molecular flexibility index (Phi) is 7.50. The first-order valence-corrected chi connectivity index (χ1v) is 20.5. The van der Waals surface area contributed by atoms with Gasteiger partial charge in [0.25, 0.3) is 0 Å². The molecule has 0 amide bonds. The van der Waals surface area contributed by atoms with Crippen molar-refractivity contribution in [1.29, 1.82) is 0 Å². The van der Waals surface area contributed by atoms with Crippen molar-refractivity contribution in [2.24, 2.45) is 0 Å². The van der Waals surface area contributed by atoms with E-state index in [-0.39, 0.29) is 5.41 Å². The molecular formula is C45H39N3Si. The molecule has 0 radical (unpaired) electrons. The summed E-state index contributed by atoms with van der Waals surface area (Å²) in [4.78, 5) is 15.4. The zero-order chi connectivity index (χ0) is 33.8. The number of nitrogens with zero attached hydrogens (tertiary/aromatic N) is 3. The molecule has 0 spiro atoms. The molecule has 0 unspecified atom stereocenters. The average Bonchev–Trinajstić information content (AvgIpc) is 3.38. The molecule has 1 aliphatic carbocycles. The fourth-order valence-electron chi connectivity index (χ4n) is 7.16. The topological polar surface area (TPSA) is 38.7 Å². The minimum atomic E-state index is -1.35. The highest BCUT2D eigenvalue weighted by Gasteiger charge is 2.37. The molecule has 0 aliphatic heterocycles. The lowest BCUT2D eigenvalue weighted by Crippen LogP contribution is -2.37. The van der Waals surface area contributed by atoms with Crippen LogP contribution < -0.4 is 5.19 Å². The van der Waals surface area contributed by atoms with E-state index in [1.807, 2.05) is 18.2 Å². The van der Waals surface area contributed by atoms with Gasteiger partial charge in [0, 0.05) is 22.1 Å². The van der Waals surface area contributed by atoms with Crippen LogP contribution in [0.4, 0.5) is 0 Å². The Labute approximate surface area is 290 Å². The number of aromatic nitrogens is 3. The third-order valence-electron chi connectivity index (χ3n) is 9.92. The average molecular weight is 650 g/mol. The third kappa shape index (κ3) is 5.62. The van der Waals surface area contributed by atoms with Gasteiger partial charge >= 0.3 is 0 Å². The Morgan fingerprint density at radius 1 is 0.408 bits per heavy atom. The van der Waals surface area contributed by atoms with Crippen molar-refractivity contribution in [3.63, 3.8) is 0 Å². The molecule has 1 heterocycles. The molecule has 1 aromatic heterocycles. The Balaban J connectivity index is 1.24. The SMILES string of the molecule is CC1(C)c2ccccc2-c2c(-c3nc(-c4ccccc4)nc(-c4cccc(-c5cccc(-c6ccc([Si](C)(C)C)cc6)c5)c4)n3)cccc21. The molecule has 0 N–H and O–H groups in total. The summed E-state index contributed by atoms with van der Waals surface area (Å²) >= 11 is 0. The van der Waals surface area contributed by atoms with Gasteiger partial charge in [-0.3, -0.25) is 0 Å². The van der Waals surface area contributed by atoms with E-state index in [1.165, 1.54) is 38.6 Å². The molecule has 4 heteroatoms. The second-order valence-corrected chi connectivity index (χ2v) is 19.6. The number of benzene rings is 6. The van der Waals surface area contributed by atoms with Gasteiger partial charge in [-0.1, -0.05) is 172 Å². The van der Waals surface area contributed by atoms with E-state index in [2.05, 4.69) is 161 Å². The van der Waals surface area contributed by atoms with Crippen LogP contribution in [0.5, 0.6) is 0 Å². The Morgan fingerprint density at radius 3 is 1.59 bits per heavy atom. The van der Waals surface area contributed by atoms with Crippen LogP contribution in [0.3, 0.4) is 0 Å². The van der Waals surface area contributed by atoms with E-state index < -0.39 is 8.07 Å². The number of hydrogen-bond acceptors (Lipinski definition) is 3.